The van der Waals surface area contributed by atoms with E-state index in [2.05, 4.69) is 48.1 Å². The standard InChI is InChI=1S/C20H29N7O.HI/c1-15(2)27-18(28)13-25(14-20(27,3)4)19(21-5)23-12-16-7-9-22-17(11-16)26-10-6-8-24-26;/h6-11,15H,12-14H2,1-5H3,(H,21,23);1H. The minimum absolute atomic E-state index is 0. The summed E-state index contributed by atoms with van der Waals surface area (Å²) in [5.74, 6) is 1.61. The minimum atomic E-state index is -0.259. The molecule has 29 heavy (non-hydrogen) atoms. The Hall–Kier alpha value is -2.17. The van der Waals surface area contributed by atoms with Gasteiger partial charge in [0.2, 0.25) is 5.91 Å². The van der Waals surface area contributed by atoms with Crippen molar-refractivity contribution in [1.82, 2.24) is 29.9 Å². The molecule has 1 aliphatic rings. The first-order chi connectivity index (χ1) is 13.3. The molecule has 1 saturated heterocycles. The van der Waals surface area contributed by atoms with Gasteiger partial charge in [0.25, 0.3) is 0 Å². The molecule has 2 aromatic rings. The number of carbonyl (C=O) groups is 1. The molecule has 0 atom stereocenters. The van der Waals surface area contributed by atoms with Crippen LogP contribution < -0.4 is 5.32 Å². The first kappa shape index (κ1) is 23.1. The average molecular weight is 511 g/mol. The normalized spacial score (nSPS) is 16.8. The fraction of sp³-hybridized carbons (Fsp3) is 0.500. The van der Waals surface area contributed by atoms with Crippen molar-refractivity contribution in [3.8, 4) is 5.82 Å². The molecule has 9 heteroatoms. The van der Waals surface area contributed by atoms with E-state index < -0.39 is 0 Å². The molecule has 0 saturated carbocycles. The molecular formula is C20H30IN7O. The molecule has 8 nitrogen and oxygen atoms in total. The lowest BCUT2D eigenvalue weighted by Crippen LogP contribution is -2.66. The summed E-state index contributed by atoms with van der Waals surface area (Å²) in [6, 6.07) is 5.99. The number of piperazine rings is 1. The molecule has 1 fully saturated rings. The Bertz CT molecular complexity index is 848. The first-order valence-electron chi connectivity index (χ1n) is 9.54. The summed E-state index contributed by atoms with van der Waals surface area (Å²) in [6.45, 7) is 9.96. The summed E-state index contributed by atoms with van der Waals surface area (Å²) in [6.07, 6.45) is 5.36. The zero-order valence-corrected chi connectivity index (χ0v) is 20.0. The van der Waals surface area contributed by atoms with Crippen molar-refractivity contribution in [1.29, 1.82) is 0 Å². The van der Waals surface area contributed by atoms with Crippen LogP contribution in [0.2, 0.25) is 0 Å². The van der Waals surface area contributed by atoms with Gasteiger partial charge in [-0.15, -0.1) is 24.0 Å². The number of hydrogen-bond donors (Lipinski definition) is 1. The van der Waals surface area contributed by atoms with Crippen molar-refractivity contribution in [2.45, 2.75) is 45.8 Å². The Labute approximate surface area is 189 Å². The molecule has 1 N–H and O–H groups in total. The summed E-state index contributed by atoms with van der Waals surface area (Å²) < 4.78 is 1.73. The van der Waals surface area contributed by atoms with Crippen molar-refractivity contribution in [2.75, 3.05) is 20.1 Å². The molecule has 0 radical (unpaired) electrons. The number of nitrogens with one attached hydrogen (secondary N) is 1. The van der Waals surface area contributed by atoms with E-state index in [1.54, 1.807) is 24.1 Å². The highest BCUT2D eigenvalue weighted by molar-refractivity contribution is 14.0. The molecule has 0 aliphatic carbocycles. The molecule has 0 unspecified atom stereocenters. The number of carbonyl (C=O) groups excluding carboxylic acids is 1. The predicted octanol–water partition coefficient (Wildman–Crippen LogP) is 2.29. The number of aliphatic imine (C=N–C) groups is 1. The largest absolute Gasteiger partial charge is 0.352 e. The number of rotatable bonds is 4. The van der Waals surface area contributed by atoms with Crippen LogP contribution in [0, 0.1) is 0 Å². The maximum absolute atomic E-state index is 12.7. The van der Waals surface area contributed by atoms with E-state index in [0.717, 1.165) is 23.9 Å². The van der Waals surface area contributed by atoms with Crippen molar-refractivity contribution in [2.24, 2.45) is 4.99 Å². The molecule has 0 bridgehead atoms. The lowest BCUT2D eigenvalue weighted by atomic mass is 9.96. The third-order valence-corrected chi connectivity index (χ3v) is 4.85. The van der Waals surface area contributed by atoms with Crippen LogP contribution in [-0.4, -0.2) is 68.1 Å². The maximum Gasteiger partial charge on any atom is 0.242 e. The van der Waals surface area contributed by atoms with E-state index in [1.807, 2.05) is 34.2 Å². The lowest BCUT2D eigenvalue weighted by Gasteiger charge is -2.49. The highest BCUT2D eigenvalue weighted by atomic mass is 127. The molecule has 2 aromatic heterocycles. The van der Waals surface area contributed by atoms with E-state index in [9.17, 15) is 4.79 Å². The number of pyridine rings is 1. The fourth-order valence-electron chi connectivity index (χ4n) is 3.93. The van der Waals surface area contributed by atoms with Crippen LogP contribution in [0.3, 0.4) is 0 Å². The molecule has 0 aromatic carbocycles. The maximum atomic E-state index is 12.7. The van der Waals surface area contributed by atoms with Crippen LogP contribution in [0.4, 0.5) is 0 Å². The number of guanidine groups is 1. The molecule has 158 valence electrons. The second-order valence-electron chi connectivity index (χ2n) is 7.90. The van der Waals surface area contributed by atoms with Gasteiger partial charge in [-0.25, -0.2) is 9.67 Å². The molecule has 3 rings (SSSR count). The molecule has 1 aliphatic heterocycles. The van der Waals surface area contributed by atoms with Crippen LogP contribution in [0.1, 0.15) is 33.3 Å². The van der Waals surface area contributed by atoms with Gasteiger partial charge in [-0.3, -0.25) is 9.79 Å². The van der Waals surface area contributed by atoms with E-state index in [-0.39, 0.29) is 41.5 Å². The Morgan fingerprint density at radius 3 is 2.69 bits per heavy atom. The van der Waals surface area contributed by atoms with Gasteiger partial charge in [-0.1, -0.05) is 0 Å². The second-order valence-corrected chi connectivity index (χ2v) is 7.90. The van der Waals surface area contributed by atoms with Gasteiger partial charge >= 0.3 is 0 Å². The van der Waals surface area contributed by atoms with Crippen molar-refractivity contribution >= 4 is 35.8 Å². The van der Waals surface area contributed by atoms with Gasteiger partial charge in [0.15, 0.2) is 11.8 Å². The SMILES string of the molecule is CN=C(NCc1ccnc(-n2cccn2)c1)N1CC(=O)N(C(C)C)C(C)(C)C1.I. The van der Waals surface area contributed by atoms with Gasteiger partial charge in [0.1, 0.15) is 0 Å². The van der Waals surface area contributed by atoms with E-state index >= 15 is 0 Å². The smallest absolute Gasteiger partial charge is 0.242 e. The van der Waals surface area contributed by atoms with Crippen molar-refractivity contribution in [3.63, 3.8) is 0 Å². The van der Waals surface area contributed by atoms with Gasteiger partial charge in [-0.05, 0) is 51.5 Å². The number of amides is 1. The minimum Gasteiger partial charge on any atom is -0.352 e. The van der Waals surface area contributed by atoms with E-state index in [1.165, 1.54) is 0 Å². The third kappa shape index (κ3) is 5.26. The van der Waals surface area contributed by atoms with Gasteiger partial charge in [0, 0.05) is 44.8 Å². The third-order valence-electron chi connectivity index (χ3n) is 4.85. The molecule has 3 heterocycles. The van der Waals surface area contributed by atoms with Crippen LogP contribution in [-0.2, 0) is 11.3 Å². The highest BCUT2D eigenvalue weighted by Crippen LogP contribution is 2.24. The summed E-state index contributed by atoms with van der Waals surface area (Å²) >= 11 is 0. The monoisotopic (exact) mass is 511 g/mol. The zero-order chi connectivity index (χ0) is 20.3. The summed E-state index contributed by atoms with van der Waals surface area (Å²) in [5, 5.41) is 7.60. The van der Waals surface area contributed by atoms with Gasteiger partial charge < -0.3 is 15.1 Å². The van der Waals surface area contributed by atoms with E-state index in [0.29, 0.717) is 13.1 Å². The molecule has 0 spiro atoms. The number of hydrogen-bond acceptors (Lipinski definition) is 4. The number of aromatic nitrogens is 3. The average Bonchev–Trinajstić information content (AvgIpc) is 3.15. The fourth-order valence-corrected chi connectivity index (χ4v) is 3.93. The zero-order valence-electron chi connectivity index (χ0n) is 17.7. The molecular weight excluding hydrogens is 481 g/mol. The van der Waals surface area contributed by atoms with Crippen LogP contribution in [0.25, 0.3) is 5.82 Å². The molecule has 1 amide bonds. The quantitative estimate of drug-likeness (QED) is 0.387. The van der Waals surface area contributed by atoms with Crippen molar-refractivity contribution in [3.05, 3.63) is 42.4 Å². The van der Waals surface area contributed by atoms with Gasteiger partial charge in [0.05, 0.1) is 12.1 Å². The Balaban J connectivity index is 0.00000300. The summed E-state index contributed by atoms with van der Waals surface area (Å²) in [5.41, 5.74) is 0.804. The van der Waals surface area contributed by atoms with Gasteiger partial charge in [-0.2, -0.15) is 5.10 Å². The topological polar surface area (TPSA) is 78.6 Å². The first-order valence-corrected chi connectivity index (χ1v) is 9.54. The predicted molar refractivity (Wildman–Crippen MR) is 125 cm³/mol. The number of nitrogens with zero attached hydrogens (tertiary/aromatic N) is 6. The number of halogens is 1. The van der Waals surface area contributed by atoms with Crippen molar-refractivity contribution < 1.29 is 4.79 Å². The highest BCUT2D eigenvalue weighted by Gasteiger charge is 2.40. The van der Waals surface area contributed by atoms with Crippen LogP contribution in [0.5, 0.6) is 0 Å². The Morgan fingerprint density at radius 2 is 2.10 bits per heavy atom. The summed E-state index contributed by atoms with van der Waals surface area (Å²) in [4.78, 5) is 25.5. The summed E-state index contributed by atoms with van der Waals surface area (Å²) in [7, 11) is 1.75. The Morgan fingerprint density at radius 1 is 1.34 bits per heavy atom. The van der Waals surface area contributed by atoms with Crippen LogP contribution in [0.15, 0.2) is 41.8 Å². The lowest BCUT2D eigenvalue weighted by molar-refractivity contribution is -0.145. The van der Waals surface area contributed by atoms with E-state index in [4.69, 9.17) is 0 Å². The van der Waals surface area contributed by atoms with Crippen LogP contribution >= 0.6 is 24.0 Å². The Kier molecular flexibility index (Phi) is 7.61. The second kappa shape index (κ2) is 9.55.